The van der Waals surface area contributed by atoms with Crippen LogP contribution in [0.5, 0.6) is 0 Å². The van der Waals surface area contributed by atoms with E-state index in [1.807, 2.05) is 0 Å². The Balaban J connectivity index is -0.0000000738. The average Bonchev–Trinajstić information content (AvgIpc) is 2.61. The zero-order valence-corrected chi connectivity index (χ0v) is 22.7. The van der Waals surface area contributed by atoms with Gasteiger partial charge in [-0.25, -0.2) is 0 Å². The first kappa shape index (κ1) is 46.9. The Bertz CT molecular complexity index is 513. The summed E-state index contributed by atoms with van der Waals surface area (Å²) in [7, 11) is -21.3. The largest absolute Gasteiger partial charge is 4.00 e. The summed E-state index contributed by atoms with van der Waals surface area (Å²) in [5, 5.41) is 14.6. The molecule has 0 aromatic heterocycles. The van der Waals surface area contributed by atoms with Gasteiger partial charge in [0.1, 0.15) is 0 Å². The third-order valence-electron chi connectivity index (χ3n) is 2.81. The maximum Gasteiger partial charge on any atom is 4.00 e. The summed E-state index contributed by atoms with van der Waals surface area (Å²) in [6, 6.07) is 3.50. The van der Waals surface area contributed by atoms with Gasteiger partial charge < -0.3 is 0 Å². The van der Waals surface area contributed by atoms with Crippen LogP contribution in [0.15, 0.2) is 0 Å². The van der Waals surface area contributed by atoms with Crippen LogP contribution in [0.25, 0.3) is 0 Å². The van der Waals surface area contributed by atoms with Crippen LogP contribution in [0, 0.1) is 72.5 Å². The molecule has 0 unspecified atom stereocenters. The van der Waals surface area contributed by atoms with Gasteiger partial charge in [-0.1, -0.05) is 34.6 Å². The molecule has 0 aliphatic heterocycles. The van der Waals surface area contributed by atoms with E-state index in [-0.39, 0.29) is 19.5 Å². The first-order chi connectivity index (χ1) is 13.7. The van der Waals surface area contributed by atoms with Crippen molar-refractivity contribution >= 4 is 15.6 Å². The minimum Gasteiger partial charge on any atom is -0.0499 e. The number of nitrogens with zero attached hydrogens (tertiary/aromatic N) is 2. The van der Waals surface area contributed by atoms with Crippen LogP contribution in [-0.4, -0.2) is 0 Å². The van der Waals surface area contributed by atoms with Crippen LogP contribution in [0.1, 0.15) is 48.5 Å². The van der Waals surface area contributed by atoms with Crippen LogP contribution in [0.2, 0.25) is 0 Å². The Labute approximate surface area is 206 Å². The molecule has 0 N–H and O–H groups in total. The standard InChI is InChI=1S/C10H15.C3H5.2C2H3N.2F6P.Ru/c1-6-7(2)9(4)10(5)8(6)3;1-3-2;2*1-2-3;2*1-7(2,3,4,5)6;/h1-5H3;3H,1-2H2;2*1H3;;;/q;;;;2*-1;+4. The number of hydrogen-bond donors (Lipinski definition) is 0. The summed E-state index contributed by atoms with van der Waals surface area (Å²) in [5.74, 6) is 7.34. The second-order valence-electron chi connectivity index (χ2n) is 5.78. The van der Waals surface area contributed by atoms with Crippen molar-refractivity contribution in [2.75, 3.05) is 0 Å². The predicted molar refractivity (Wildman–Crippen MR) is 109 cm³/mol. The Morgan fingerprint density at radius 3 is 0.588 bits per heavy atom. The Kier molecular flexibility index (Phi) is 19.8. The van der Waals surface area contributed by atoms with E-state index in [1.54, 1.807) is 12.1 Å². The second-order valence-corrected chi connectivity index (χ2v) is 9.61. The van der Waals surface area contributed by atoms with Crippen molar-refractivity contribution in [2.24, 2.45) is 0 Å². The molecule has 0 atom stereocenters. The number of halogens is 12. The summed E-state index contributed by atoms with van der Waals surface area (Å²) >= 11 is 0. The maximum absolute atomic E-state index is 10.7. The molecule has 0 aromatic rings. The predicted octanol–water partition coefficient (Wildman–Crippen LogP) is 11.7. The van der Waals surface area contributed by atoms with Crippen LogP contribution >= 0.6 is 15.6 Å². The van der Waals surface area contributed by atoms with Crippen molar-refractivity contribution < 1.29 is 69.8 Å². The van der Waals surface area contributed by atoms with Crippen LogP contribution in [0.3, 0.4) is 0 Å². The smallest absolute Gasteiger partial charge is 0.0499 e. The first-order valence-corrected chi connectivity index (χ1v) is 12.1. The molecule has 17 heteroatoms. The summed E-state index contributed by atoms with van der Waals surface area (Å²) in [5.41, 5.74) is 0. The molecule has 0 spiro atoms. The molecule has 8 radical (unpaired) electrons. The minimum atomic E-state index is -10.7. The third-order valence-corrected chi connectivity index (χ3v) is 2.81. The van der Waals surface area contributed by atoms with Gasteiger partial charge in [0.05, 0.1) is 12.1 Å². The minimum absolute atomic E-state index is 0. The van der Waals surface area contributed by atoms with E-state index in [0.29, 0.717) is 0 Å². The van der Waals surface area contributed by atoms with Gasteiger partial charge in [0.25, 0.3) is 0 Å². The molecule has 1 aliphatic carbocycles. The van der Waals surface area contributed by atoms with Gasteiger partial charge in [-0.05, 0) is 49.9 Å². The van der Waals surface area contributed by atoms with Gasteiger partial charge in [-0.15, -0.1) is 0 Å². The molecule has 0 saturated heterocycles. The van der Waals surface area contributed by atoms with Crippen molar-refractivity contribution in [3.8, 4) is 12.1 Å². The van der Waals surface area contributed by atoms with Crippen LogP contribution < -0.4 is 0 Å². The molecule has 0 aromatic carbocycles. The van der Waals surface area contributed by atoms with Crippen molar-refractivity contribution in [3.05, 3.63) is 49.9 Å². The maximum atomic E-state index is 9.87. The second kappa shape index (κ2) is 14.4. The summed E-state index contributed by atoms with van der Waals surface area (Å²) < 4.78 is 118. The average molecular weight is 649 g/mol. The van der Waals surface area contributed by atoms with Gasteiger partial charge in [0, 0.05) is 13.8 Å². The Morgan fingerprint density at radius 2 is 0.559 bits per heavy atom. The fourth-order valence-electron chi connectivity index (χ4n) is 1.41. The van der Waals surface area contributed by atoms with Gasteiger partial charge in [-0.2, -0.15) is 10.5 Å². The van der Waals surface area contributed by atoms with E-state index in [1.165, 1.54) is 49.9 Å². The van der Waals surface area contributed by atoms with E-state index in [0.717, 1.165) is 0 Å². The van der Waals surface area contributed by atoms with Gasteiger partial charge in [0.15, 0.2) is 0 Å². The summed E-state index contributed by atoms with van der Waals surface area (Å²) in [4.78, 5) is 0. The number of nitriles is 2. The topological polar surface area (TPSA) is 47.6 Å². The fourth-order valence-corrected chi connectivity index (χ4v) is 1.41. The Hall–Kier alpha value is -0.377. The van der Waals surface area contributed by atoms with Crippen molar-refractivity contribution in [3.63, 3.8) is 0 Å². The molecule has 0 bridgehead atoms. The molecule has 1 aliphatic rings. The molecule has 204 valence electrons. The molecule has 0 heterocycles. The number of rotatable bonds is 0. The van der Waals surface area contributed by atoms with E-state index < -0.39 is 15.6 Å². The van der Waals surface area contributed by atoms with Crippen LogP contribution in [-0.2, 0) is 19.5 Å². The first-order valence-electron chi connectivity index (χ1n) is 8.04. The SMILES string of the molecule is CC#N.CC#N.C[C]1[C](C)[C](C)[C](C)[C]1C.F[P-](F)(F)(F)(F)F.F[P-](F)(F)(F)(F)F.[CH2][CH][CH2].[Ru+4]. The van der Waals surface area contributed by atoms with Crippen molar-refractivity contribution in [2.45, 2.75) is 48.5 Å². The van der Waals surface area contributed by atoms with Crippen molar-refractivity contribution in [1.82, 2.24) is 0 Å². The molecule has 2 nitrogen and oxygen atoms in total. The molecule has 1 saturated carbocycles. The van der Waals surface area contributed by atoms with E-state index in [2.05, 4.69) is 48.5 Å². The molecular formula is C17H26F12N2P2Ru+2. The zero-order chi connectivity index (χ0) is 28.8. The van der Waals surface area contributed by atoms with Crippen molar-refractivity contribution in [1.29, 1.82) is 10.5 Å². The van der Waals surface area contributed by atoms with Gasteiger partial charge in [0.2, 0.25) is 0 Å². The van der Waals surface area contributed by atoms with Gasteiger partial charge >= 0.3 is 85.5 Å². The summed E-state index contributed by atoms with van der Waals surface area (Å²) in [6.07, 6.45) is 1.50. The summed E-state index contributed by atoms with van der Waals surface area (Å²) in [6.45, 7) is 20.4. The molecule has 1 fully saturated rings. The van der Waals surface area contributed by atoms with Gasteiger partial charge in [-0.3, -0.25) is 0 Å². The fraction of sp³-hybridized carbons (Fsp3) is 0.412. The van der Waals surface area contributed by atoms with Crippen LogP contribution in [0.4, 0.5) is 50.4 Å². The number of hydrogen-bond acceptors (Lipinski definition) is 2. The van der Waals surface area contributed by atoms with E-state index in [4.69, 9.17) is 10.5 Å². The normalized spacial score (nSPS) is 18.9. The third kappa shape index (κ3) is 77.0. The molecule has 34 heavy (non-hydrogen) atoms. The molecule has 1 rings (SSSR count). The van der Waals surface area contributed by atoms with E-state index >= 15 is 0 Å². The molecule has 0 amide bonds. The molecular weight excluding hydrogens is 623 g/mol. The zero-order valence-electron chi connectivity index (χ0n) is 19.2. The Morgan fingerprint density at radius 1 is 0.529 bits per heavy atom. The monoisotopic (exact) mass is 650 g/mol. The van der Waals surface area contributed by atoms with E-state index in [9.17, 15) is 50.4 Å². The quantitative estimate of drug-likeness (QED) is 0.149.